The van der Waals surface area contributed by atoms with Gasteiger partial charge >= 0.3 is 0 Å². The molecule has 0 aliphatic carbocycles. The van der Waals surface area contributed by atoms with Gasteiger partial charge in [-0.25, -0.2) is 0 Å². The average Bonchev–Trinajstić information content (AvgIpc) is 2.04. The summed E-state index contributed by atoms with van der Waals surface area (Å²) < 4.78 is -0.764. The Hall–Kier alpha value is 0.110. The molecular weight excluding hydrogens is 251 g/mol. The van der Waals surface area contributed by atoms with Crippen LogP contribution in [0.3, 0.4) is 0 Å². The van der Waals surface area contributed by atoms with Crippen molar-refractivity contribution in [3.63, 3.8) is 0 Å². The minimum absolute atomic E-state index is 0.577. The van der Waals surface area contributed by atoms with Gasteiger partial charge in [-0.2, -0.15) is 0 Å². The van der Waals surface area contributed by atoms with Gasteiger partial charge in [-0.05, 0) is 29.8 Å². The first-order valence-corrected chi connectivity index (χ1v) is 5.42. The normalized spacial score (nSPS) is 12.5. The third-order valence-electron chi connectivity index (χ3n) is 1.21. The molecular formula is C8H5Cl3OS. The van der Waals surface area contributed by atoms with Gasteiger partial charge in [0, 0.05) is 9.92 Å². The Kier molecular flexibility index (Phi) is 4.39. The average molecular weight is 256 g/mol. The zero-order valence-corrected chi connectivity index (χ0v) is 9.42. The van der Waals surface area contributed by atoms with Gasteiger partial charge in [0.15, 0.2) is 4.71 Å². The summed E-state index contributed by atoms with van der Waals surface area (Å²) in [6.07, 6.45) is 0. The van der Waals surface area contributed by atoms with E-state index in [2.05, 4.69) is 0 Å². The van der Waals surface area contributed by atoms with Crippen molar-refractivity contribution in [2.45, 2.75) is 9.60 Å². The second-order valence-electron chi connectivity index (χ2n) is 2.20. The Morgan fingerprint density at radius 2 is 2.15 bits per heavy atom. The Bertz CT molecular complexity index is 316. The van der Waals surface area contributed by atoms with E-state index in [1.165, 1.54) is 11.8 Å². The first kappa shape index (κ1) is 11.2. The van der Waals surface area contributed by atoms with E-state index in [-0.39, 0.29) is 0 Å². The summed E-state index contributed by atoms with van der Waals surface area (Å²) in [6, 6.07) is 7.07. The van der Waals surface area contributed by atoms with E-state index < -0.39 is 9.95 Å². The molecule has 0 saturated heterocycles. The van der Waals surface area contributed by atoms with E-state index in [1.807, 2.05) is 6.07 Å². The minimum atomic E-state index is -0.764. The maximum absolute atomic E-state index is 10.6. The van der Waals surface area contributed by atoms with Crippen molar-refractivity contribution in [3.05, 3.63) is 29.3 Å². The molecule has 0 aliphatic heterocycles. The molecule has 1 aromatic rings. The lowest BCUT2D eigenvalue weighted by atomic mass is 10.4. The molecule has 0 fully saturated rings. The van der Waals surface area contributed by atoms with Crippen LogP contribution in [0.1, 0.15) is 0 Å². The smallest absolute Gasteiger partial charge is 0.250 e. The number of halogens is 3. The molecule has 0 heterocycles. The maximum Gasteiger partial charge on any atom is 0.250 e. The van der Waals surface area contributed by atoms with Crippen LogP contribution < -0.4 is 0 Å². The number of rotatable bonds is 3. The molecule has 0 aromatic heterocycles. The summed E-state index contributed by atoms with van der Waals surface area (Å²) in [7, 11) is 0. The first-order chi connectivity index (χ1) is 6.09. The standard InChI is InChI=1S/C8H5Cl3OS/c9-5-2-1-3-6(4-5)13-8(11)7(10)12/h1-4,8H. The lowest BCUT2D eigenvalue weighted by molar-refractivity contribution is -0.110. The molecule has 0 amide bonds. The highest BCUT2D eigenvalue weighted by molar-refractivity contribution is 8.02. The Morgan fingerprint density at radius 1 is 1.46 bits per heavy atom. The van der Waals surface area contributed by atoms with Crippen LogP contribution >= 0.6 is 46.6 Å². The molecule has 0 radical (unpaired) electrons. The number of hydrogen-bond acceptors (Lipinski definition) is 2. The van der Waals surface area contributed by atoms with Gasteiger partial charge in [-0.3, -0.25) is 4.79 Å². The molecule has 13 heavy (non-hydrogen) atoms. The van der Waals surface area contributed by atoms with Crippen LogP contribution in [-0.2, 0) is 4.79 Å². The molecule has 1 rings (SSSR count). The van der Waals surface area contributed by atoms with E-state index in [9.17, 15) is 4.79 Å². The lowest BCUT2D eigenvalue weighted by Crippen LogP contribution is -2.01. The van der Waals surface area contributed by atoms with E-state index >= 15 is 0 Å². The van der Waals surface area contributed by atoms with Gasteiger partial charge < -0.3 is 0 Å². The molecule has 1 aromatic carbocycles. The molecule has 70 valence electrons. The highest BCUT2D eigenvalue weighted by atomic mass is 35.5. The SMILES string of the molecule is O=C(Cl)C(Cl)Sc1cccc(Cl)c1. The monoisotopic (exact) mass is 254 g/mol. The highest BCUT2D eigenvalue weighted by Gasteiger charge is 2.13. The quantitative estimate of drug-likeness (QED) is 0.465. The van der Waals surface area contributed by atoms with E-state index in [4.69, 9.17) is 34.8 Å². The van der Waals surface area contributed by atoms with Gasteiger partial charge in [0.05, 0.1) is 0 Å². The largest absolute Gasteiger partial charge is 0.279 e. The van der Waals surface area contributed by atoms with Crippen molar-refractivity contribution in [2.75, 3.05) is 0 Å². The van der Waals surface area contributed by atoms with Crippen LogP contribution in [0.4, 0.5) is 0 Å². The van der Waals surface area contributed by atoms with Crippen LogP contribution in [0, 0.1) is 0 Å². The predicted octanol–water partition coefficient (Wildman–Crippen LogP) is 3.76. The molecule has 1 atom stereocenters. The fourth-order valence-corrected chi connectivity index (χ4v) is 2.09. The topological polar surface area (TPSA) is 17.1 Å². The van der Waals surface area contributed by atoms with E-state index in [0.29, 0.717) is 5.02 Å². The second kappa shape index (κ2) is 5.11. The summed E-state index contributed by atoms with van der Waals surface area (Å²) in [5, 5.41) is 0.0301. The lowest BCUT2D eigenvalue weighted by Gasteiger charge is -2.03. The number of alkyl halides is 1. The Balaban J connectivity index is 2.69. The number of benzene rings is 1. The maximum atomic E-state index is 10.6. The van der Waals surface area contributed by atoms with Crippen molar-refractivity contribution in [1.29, 1.82) is 0 Å². The summed E-state index contributed by atoms with van der Waals surface area (Å²) in [5.41, 5.74) is 0. The summed E-state index contributed by atoms with van der Waals surface area (Å²) in [5.74, 6) is 0. The van der Waals surface area contributed by atoms with Crippen LogP contribution in [0.25, 0.3) is 0 Å². The molecule has 0 saturated carbocycles. The van der Waals surface area contributed by atoms with Gasteiger partial charge in [-0.1, -0.05) is 29.4 Å². The zero-order valence-electron chi connectivity index (χ0n) is 6.34. The fourth-order valence-electron chi connectivity index (χ4n) is 0.706. The molecule has 1 nitrogen and oxygen atoms in total. The summed E-state index contributed by atoms with van der Waals surface area (Å²) >= 11 is 17.7. The van der Waals surface area contributed by atoms with Crippen LogP contribution in [0.2, 0.25) is 5.02 Å². The Labute approximate surface area is 95.4 Å². The molecule has 0 N–H and O–H groups in total. The number of thioether (sulfide) groups is 1. The van der Waals surface area contributed by atoms with Crippen molar-refractivity contribution < 1.29 is 4.79 Å². The molecule has 1 unspecified atom stereocenters. The van der Waals surface area contributed by atoms with Gasteiger partial charge in [0.2, 0.25) is 5.24 Å². The predicted molar refractivity (Wildman–Crippen MR) is 57.8 cm³/mol. The molecule has 0 bridgehead atoms. The fraction of sp³-hybridized carbons (Fsp3) is 0.125. The molecule has 0 aliphatic rings. The van der Waals surface area contributed by atoms with Crippen molar-refractivity contribution in [3.8, 4) is 0 Å². The summed E-state index contributed by atoms with van der Waals surface area (Å²) in [4.78, 5) is 11.4. The van der Waals surface area contributed by atoms with Gasteiger partial charge in [0.25, 0.3) is 0 Å². The number of hydrogen-bond donors (Lipinski definition) is 0. The number of carbonyl (C=O) groups is 1. The number of carbonyl (C=O) groups excluding carboxylic acids is 1. The van der Waals surface area contributed by atoms with Gasteiger partial charge in [0.1, 0.15) is 0 Å². The Morgan fingerprint density at radius 3 is 2.69 bits per heavy atom. The van der Waals surface area contributed by atoms with E-state index in [1.54, 1.807) is 18.2 Å². The minimum Gasteiger partial charge on any atom is -0.279 e. The third-order valence-corrected chi connectivity index (χ3v) is 3.32. The van der Waals surface area contributed by atoms with Crippen molar-refractivity contribution in [2.24, 2.45) is 0 Å². The van der Waals surface area contributed by atoms with Gasteiger partial charge in [-0.15, -0.1) is 11.6 Å². The highest BCUT2D eigenvalue weighted by Crippen LogP contribution is 2.28. The third kappa shape index (κ3) is 3.77. The van der Waals surface area contributed by atoms with Crippen molar-refractivity contribution >= 4 is 51.8 Å². The van der Waals surface area contributed by atoms with Crippen LogP contribution in [-0.4, -0.2) is 9.95 Å². The molecule has 5 heteroatoms. The first-order valence-electron chi connectivity index (χ1n) is 3.35. The van der Waals surface area contributed by atoms with Crippen LogP contribution in [0.15, 0.2) is 29.2 Å². The zero-order chi connectivity index (χ0) is 9.84. The van der Waals surface area contributed by atoms with Crippen molar-refractivity contribution in [1.82, 2.24) is 0 Å². The molecule has 0 spiro atoms. The summed E-state index contributed by atoms with van der Waals surface area (Å²) in [6.45, 7) is 0. The van der Waals surface area contributed by atoms with E-state index in [0.717, 1.165) is 4.90 Å². The van der Waals surface area contributed by atoms with Crippen LogP contribution in [0.5, 0.6) is 0 Å². The second-order valence-corrected chi connectivity index (χ2v) is 4.88.